The summed E-state index contributed by atoms with van der Waals surface area (Å²) in [6.07, 6.45) is 0.593. The fraction of sp³-hybridized carbons (Fsp3) is 0.208. The van der Waals surface area contributed by atoms with Crippen LogP contribution in [0, 0.1) is 0 Å². The normalized spacial score (nSPS) is 13.8. The van der Waals surface area contributed by atoms with Crippen molar-refractivity contribution in [2.24, 2.45) is 0 Å². The van der Waals surface area contributed by atoms with Crippen LogP contribution in [0.2, 0.25) is 5.02 Å². The first-order chi connectivity index (χ1) is 15.8. The molecular weight excluding hydrogens is 464 g/mol. The van der Waals surface area contributed by atoms with Gasteiger partial charge >= 0.3 is 0 Å². The molecule has 3 aromatic rings. The van der Waals surface area contributed by atoms with Crippen LogP contribution in [0.1, 0.15) is 11.1 Å². The minimum Gasteiger partial charge on any atom is -0.497 e. The van der Waals surface area contributed by atoms with Gasteiger partial charge in [0.15, 0.2) is 6.61 Å². The van der Waals surface area contributed by atoms with Crippen molar-refractivity contribution in [2.45, 2.75) is 17.9 Å². The quantitative estimate of drug-likeness (QED) is 0.543. The number of nitrogens with zero attached hydrogens (tertiary/aromatic N) is 1. The molecule has 0 aromatic heterocycles. The molecule has 9 heteroatoms. The van der Waals surface area contributed by atoms with E-state index in [1.54, 1.807) is 43.5 Å². The van der Waals surface area contributed by atoms with E-state index in [-0.39, 0.29) is 24.0 Å². The Morgan fingerprint density at radius 3 is 2.55 bits per heavy atom. The zero-order valence-electron chi connectivity index (χ0n) is 18.0. The summed E-state index contributed by atoms with van der Waals surface area (Å²) in [5.41, 5.74) is 2.49. The molecule has 1 heterocycles. The van der Waals surface area contributed by atoms with E-state index in [9.17, 15) is 13.2 Å². The Morgan fingerprint density at radius 2 is 1.79 bits per heavy atom. The van der Waals surface area contributed by atoms with Crippen molar-refractivity contribution in [1.29, 1.82) is 0 Å². The van der Waals surface area contributed by atoms with Crippen LogP contribution in [-0.4, -0.2) is 38.9 Å². The average Bonchev–Trinajstić information content (AvgIpc) is 2.82. The lowest BCUT2D eigenvalue weighted by atomic mass is 10.0. The topological polar surface area (TPSA) is 84.9 Å². The first-order valence-electron chi connectivity index (χ1n) is 10.3. The Morgan fingerprint density at radius 1 is 1.03 bits per heavy atom. The molecular formula is C24H23ClN2O5S. The van der Waals surface area contributed by atoms with E-state index in [1.165, 1.54) is 16.4 Å². The number of carbonyl (C=O) groups excluding carboxylic acids is 1. The number of amides is 1. The molecule has 0 atom stereocenters. The third-order valence-electron chi connectivity index (χ3n) is 5.33. The maximum atomic E-state index is 13.0. The maximum Gasteiger partial charge on any atom is 0.262 e. The number of hydrogen-bond donors (Lipinski definition) is 1. The Hall–Kier alpha value is -3.07. The van der Waals surface area contributed by atoms with Gasteiger partial charge in [-0.25, -0.2) is 8.42 Å². The number of hydrogen-bond acceptors (Lipinski definition) is 5. The van der Waals surface area contributed by atoms with Crippen LogP contribution < -0.4 is 14.8 Å². The van der Waals surface area contributed by atoms with Gasteiger partial charge in [0.1, 0.15) is 11.5 Å². The Bertz CT molecular complexity index is 1260. The third kappa shape index (κ3) is 5.47. The number of rotatable bonds is 7. The molecule has 0 unspecified atom stereocenters. The highest BCUT2D eigenvalue weighted by atomic mass is 35.5. The second-order valence-corrected chi connectivity index (χ2v) is 9.92. The lowest BCUT2D eigenvalue weighted by molar-refractivity contribution is -0.118. The van der Waals surface area contributed by atoms with Gasteiger partial charge in [0.05, 0.1) is 12.0 Å². The average molecular weight is 487 g/mol. The number of carbonyl (C=O) groups is 1. The lowest BCUT2D eigenvalue weighted by Gasteiger charge is -2.28. The SMILES string of the molecule is COc1cccc(OCC(=O)Nc2ccc3c(c2)CN(S(=O)(=O)c2ccc(Cl)cc2)CC3)c1. The molecule has 1 amide bonds. The fourth-order valence-electron chi connectivity index (χ4n) is 3.61. The lowest BCUT2D eigenvalue weighted by Crippen LogP contribution is -2.36. The molecule has 0 fully saturated rings. The monoisotopic (exact) mass is 486 g/mol. The van der Waals surface area contributed by atoms with Crippen molar-refractivity contribution in [2.75, 3.05) is 25.6 Å². The minimum atomic E-state index is -3.65. The van der Waals surface area contributed by atoms with Gasteiger partial charge in [0.2, 0.25) is 10.0 Å². The van der Waals surface area contributed by atoms with Crippen molar-refractivity contribution >= 4 is 33.2 Å². The van der Waals surface area contributed by atoms with Crippen LogP contribution in [0.4, 0.5) is 5.69 Å². The predicted molar refractivity (Wildman–Crippen MR) is 126 cm³/mol. The van der Waals surface area contributed by atoms with E-state index in [1.807, 2.05) is 18.2 Å². The molecule has 1 aliphatic rings. The van der Waals surface area contributed by atoms with Gasteiger partial charge in [-0.15, -0.1) is 0 Å². The van der Waals surface area contributed by atoms with Crippen molar-refractivity contribution in [3.05, 3.63) is 82.9 Å². The zero-order valence-corrected chi connectivity index (χ0v) is 19.5. The molecule has 4 rings (SSSR count). The van der Waals surface area contributed by atoms with E-state index in [0.29, 0.717) is 35.2 Å². The molecule has 172 valence electrons. The molecule has 1 aliphatic heterocycles. The molecule has 0 radical (unpaired) electrons. The molecule has 7 nitrogen and oxygen atoms in total. The number of halogens is 1. The molecule has 0 aliphatic carbocycles. The van der Waals surface area contributed by atoms with Crippen LogP contribution >= 0.6 is 11.6 Å². The highest BCUT2D eigenvalue weighted by Gasteiger charge is 2.28. The van der Waals surface area contributed by atoms with Crippen molar-refractivity contribution in [3.8, 4) is 11.5 Å². The second-order valence-electron chi connectivity index (χ2n) is 7.54. The Balaban J connectivity index is 1.42. The number of sulfonamides is 1. The molecule has 0 spiro atoms. The zero-order chi connectivity index (χ0) is 23.4. The maximum absolute atomic E-state index is 13.0. The summed E-state index contributed by atoms with van der Waals surface area (Å²) in [4.78, 5) is 12.6. The van der Waals surface area contributed by atoms with Crippen LogP contribution in [0.5, 0.6) is 11.5 Å². The summed E-state index contributed by atoms with van der Waals surface area (Å²) in [5, 5.41) is 3.28. The van der Waals surface area contributed by atoms with Crippen LogP contribution in [-0.2, 0) is 27.8 Å². The number of ether oxygens (including phenoxy) is 2. The first kappa shape index (κ1) is 23.1. The van der Waals surface area contributed by atoms with Gasteiger partial charge < -0.3 is 14.8 Å². The molecule has 0 saturated heterocycles. The summed E-state index contributed by atoms with van der Waals surface area (Å²) in [5.74, 6) is 0.845. The van der Waals surface area contributed by atoms with Crippen molar-refractivity contribution in [3.63, 3.8) is 0 Å². The van der Waals surface area contributed by atoms with E-state index >= 15 is 0 Å². The van der Waals surface area contributed by atoms with E-state index in [0.717, 1.165) is 11.1 Å². The summed E-state index contributed by atoms with van der Waals surface area (Å²) in [6.45, 7) is 0.448. The fourth-order valence-corrected chi connectivity index (χ4v) is 5.15. The smallest absolute Gasteiger partial charge is 0.262 e. The van der Waals surface area contributed by atoms with Gasteiger partial charge in [-0.1, -0.05) is 23.7 Å². The van der Waals surface area contributed by atoms with E-state index in [2.05, 4.69) is 5.32 Å². The summed E-state index contributed by atoms with van der Waals surface area (Å²) >= 11 is 5.89. The highest BCUT2D eigenvalue weighted by molar-refractivity contribution is 7.89. The van der Waals surface area contributed by atoms with Gasteiger partial charge in [-0.3, -0.25) is 4.79 Å². The Labute approximate surface area is 197 Å². The summed E-state index contributed by atoms with van der Waals surface area (Å²) in [6, 6.07) is 18.7. The third-order valence-corrected chi connectivity index (χ3v) is 7.44. The van der Waals surface area contributed by atoms with Gasteiger partial charge in [0.25, 0.3) is 5.91 Å². The van der Waals surface area contributed by atoms with Crippen LogP contribution in [0.15, 0.2) is 71.6 Å². The van der Waals surface area contributed by atoms with Crippen LogP contribution in [0.25, 0.3) is 0 Å². The number of benzene rings is 3. The largest absolute Gasteiger partial charge is 0.497 e. The van der Waals surface area contributed by atoms with E-state index < -0.39 is 10.0 Å². The second kappa shape index (κ2) is 9.82. The van der Waals surface area contributed by atoms with Crippen molar-refractivity contribution < 1.29 is 22.7 Å². The van der Waals surface area contributed by atoms with Gasteiger partial charge in [-0.05, 0) is 66.1 Å². The molecule has 1 N–H and O–H groups in total. The molecule has 3 aromatic carbocycles. The molecule has 0 saturated carbocycles. The Kier molecular flexibility index (Phi) is 6.88. The van der Waals surface area contributed by atoms with E-state index in [4.69, 9.17) is 21.1 Å². The molecule has 33 heavy (non-hydrogen) atoms. The van der Waals surface area contributed by atoms with Gasteiger partial charge in [-0.2, -0.15) is 4.31 Å². The highest BCUT2D eigenvalue weighted by Crippen LogP contribution is 2.27. The van der Waals surface area contributed by atoms with Crippen LogP contribution in [0.3, 0.4) is 0 Å². The summed E-state index contributed by atoms with van der Waals surface area (Å²) < 4.78 is 38.2. The molecule has 0 bridgehead atoms. The summed E-state index contributed by atoms with van der Waals surface area (Å²) in [7, 11) is -2.09. The van der Waals surface area contributed by atoms with Crippen molar-refractivity contribution in [1.82, 2.24) is 4.31 Å². The minimum absolute atomic E-state index is 0.165. The predicted octanol–water partition coefficient (Wildman–Crippen LogP) is 4.11. The standard InChI is InChI=1S/C24H23ClN2O5S/c1-31-21-3-2-4-22(14-21)32-16-24(28)26-20-8-5-17-11-12-27(15-18(17)13-20)33(29,30)23-9-6-19(25)7-10-23/h2-10,13-14H,11-12,15-16H2,1H3,(H,26,28). The number of anilines is 1. The number of methoxy groups -OCH3 is 1. The number of nitrogens with one attached hydrogen (secondary N) is 1. The van der Waals surface area contributed by atoms with Gasteiger partial charge in [0, 0.05) is 29.9 Å². The number of fused-ring (bicyclic) bond motifs is 1. The first-order valence-corrected chi connectivity index (χ1v) is 12.1.